The molecule has 2 fully saturated rings. The topological polar surface area (TPSA) is 105 Å². The fourth-order valence-electron chi connectivity index (χ4n) is 3.68. The fourth-order valence-corrected chi connectivity index (χ4v) is 3.68. The van der Waals surface area contributed by atoms with Crippen molar-refractivity contribution in [3.05, 3.63) is 30.0 Å². The standard InChI is InChI=1S/C17H20N6O2/c18-11-6-19-22-16(11)17-20-12-2-1-10(5-13(12)21-17)7-23-8-14-15(9-23)25-4-3-24-14/h1-2,5-6,14-15H,3-4,7-9,18H2,(H,19,22)(H,20,21)/t14-,15-/m1/s1. The van der Waals surface area contributed by atoms with E-state index in [1.807, 2.05) is 6.07 Å². The number of nitrogens with two attached hydrogens (primary N) is 1. The highest BCUT2D eigenvalue weighted by atomic mass is 16.6. The second-order valence-corrected chi connectivity index (χ2v) is 6.65. The summed E-state index contributed by atoms with van der Waals surface area (Å²) < 4.78 is 11.6. The second kappa shape index (κ2) is 5.83. The number of nitrogens with one attached hydrogen (secondary N) is 2. The molecular weight excluding hydrogens is 320 g/mol. The lowest BCUT2D eigenvalue weighted by Gasteiger charge is -2.24. The van der Waals surface area contributed by atoms with Crippen molar-refractivity contribution in [1.29, 1.82) is 0 Å². The predicted molar refractivity (Wildman–Crippen MR) is 92.8 cm³/mol. The SMILES string of the molecule is Nc1cn[nH]c1-c1nc2ccc(CN3C[C@H]4OCCO[C@@H]4C3)cc2[nH]1. The summed E-state index contributed by atoms with van der Waals surface area (Å²) in [5.74, 6) is 0.705. The largest absolute Gasteiger partial charge is 0.396 e. The molecule has 4 N–H and O–H groups in total. The van der Waals surface area contributed by atoms with Crippen LogP contribution in [-0.2, 0) is 16.0 Å². The van der Waals surface area contributed by atoms with Gasteiger partial charge >= 0.3 is 0 Å². The number of hydrogen-bond donors (Lipinski definition) is 3. The molecule has 2 atom stereocenters. The normalized spacial score (nSPS) is 24.0. The first-order valence-corrected chi connectivity index (χ1v) is 8.50. The molecule has 2 aromatic heterocycles. The average molecular weight is 340 g/mol. The molecule has 2 saturated heterocycles. The van der Waals surface area contributed by atoms with Crippen LogP contribution in [0.25, 0.3) is 22.6 Å². The summed E-state index contributed by atoms with van der Waals surface area (Å²) in [5.41, 5.74) is 10.3. The van der Waals surface area contributed by atoms with Gasteiger partial charge in [0.25, 0.3) is 0 Å². The Kier molecular flexibility index (Phi) is 3.47. The lowest BCUT2D eigenvalue weighted by Crippen LogP contribution is -2.36. The molecule has 0 bridgehead atoms. The molecular formula is C17H20N6O2. The van der Waals surface area contributed by atoms with E-state index in [0.717, 1.165) is 36.4 Å². The number of rotatable bonds is 3. The van der Waals surface area contributed by atoms with Crippen LogP contribution in [0.15, 0.2) is 24.4 Å². The van der Waals surface area contributed by atoms with E-state index in [2.05, 4.69) is 37.2 Å². The van der Waals surface area contributed by atoms with Crippen LogP contribution < -0.4 is 5.73 Å². The van der Waals surface area contributed by atoms with Crippen molar-refractivity contribution >= 4 is 16.7 Å². The Morgan fingerprint density at radius 3 is 2.72 bits per heavy atom. The summed E-state index contributed by atoms with van der Waals surface area (Å²) in [5, 5.41) is 6.83. The summed E-state index contributed by atoms with van der Waals surface area (Å²) in [4.78, 5) is 10.3. The quantitative estimate of drug-likeness (QED) is 0.660. The van der Waals surface area contributed by atoms with Crippen molar-refractivity contribution < 1.29 is 9.47 Å². The minimum absolute atomic E-state index is 0.208. The highest BCUT2D eigenvalue weighted by molar-refractivity contribution is 5.81. The Bertz CT molecular complexity index is 890. The van der Waals surface area contributed by atoms with E-state index in [1.165, 1.54) is 5.56 Å². The van der Waals surface area contributed by atoms with E-state index in [4.69, 9.17) is 15.2 Å². The first kappa shape index (κ1) is 14.9. The van der Waals surface area contributed by atoms with Gasteiger partial charge in [-0.3, -0.25) is 10.00 Å². The van der Waals surface area contributed by atoms with Crippen LogP contribution in [0.2, 0.25) is 0 Å². The van der Waals surface area contributed by atoms with Crippen molar-refractivity contribution in [1.82, 2.24) is 25.1 Å². The average Bonchev–Trinajstić information content (AvgIpc) is 3.31. The third-order valence-corrected chi connectivity index (χ3v) is 4.90. The smallest absolute Gasteiger partial charge is 0.158 e. The summed E-state index contributed by atoms with van der Waals surface area (Å²) in [6.07, 6.45) is 2.00. The van der Waals surface area contributed by atoms with Gasteiger partial charge in [-0.1, -0.05) is 6.07 Å². The number of hydrogen-bond acceptors (Lipinski definition) is 6. The number of ether oxygens (including phenoxy) is 2. The zero-order valence-electron chi connectivity index (χ0n) is 13.7. The molecule has 8 nitrogen and oxygen atoms in total. The van der Waals surface area contributed by atoms with Crippen molar-refractivity contribution in [2.24, 2.45) is 0 Å². The van der Waals surface area contributed by atoms with Gasteiger partial charge in [0.05, 0.1) is 48.3 Å². The molecule has 130 valence electrons. The molecule has 4 heterocycles. The minimum atomic E-state index is 0.208. The Morgan fingerprint density at radius 1 is 1.20 bits per heavy atom. The summed E-state index contributed by atoms with van der Waals surface area (Å²) >= 11 is 0. The van der Waals surface area contributed by atoms with Gasteiger partial charge in [-0.2, -0.15) is 5.10 Å². The highest BCUT2D eigenvalue weighted by Crippen LogP contribution is 2.25. The fraction of sp³-hybridized carbons (Fsp3) is 0.412. The van der Waals surface area contributed by atoms with Crippen molar-refractivity contribution in [2.45, 2.75) is 18.8 Å². The van der Waals surface area contributed by atoms with Crippen LogP contribution in [0.5, 0.6) is 0 Å². The van der Waals surface area contributed by atoms with Gasteiger partial charge < -0.3 is 20.2 Å². The monoisotopic (exact) mass is 340 g/mol. The van der Waals surface area contributed by atoms with Gasteiger partial charge in [0.1, 0.15) is 5.69 Å². The molecule has 3 aromatic rings. The van der Waals surface area contributed by atoms with Crippen LogP contribution in [0.3, 0.4) is 0 Å². The molecule has 0 saturated carbocycles. The Morgan fingerprint density at radius 2 is 2.00 bits per heavy atom. The molecule has 5 rings (SSSR count). The molecule has 0 amide bonds. The number of likely N-dealkylation sites (tertiary alicyclic amines) is 1. The summed E-state index contributed by atoms with van der Waals surface area (Å²) in [7, 11) is 0. The highest BCUT2D eigenvalue weighted by Gasteiger charge is 2.36. The van der Waals surface area contributed by atoms with E-state index >= 15 is 0 Å². The van der Waals surface area contributed by atoms with Gasteiger partial charge in [-0.15, -0.1) is 0 Å². The molecule has 2 aliphatic heterocycles. The second-order valence-electron chi connectivity index (χ2n) is 6.65. The third-order valence-electron chi connectivity index (χ3n) is 4.90. The van der Waals surface area contributed by atoms with Crippen LogP contribution in [0.4, 0.5) is 5.69 Å². The van der Waals surface area contributed by atoms with E-state index in [-0.39, 0.29) is 12.2 Å². The number of aromatic nitrogens is 4. The number of H-pyrrole nitrogens is 2. The summed E-state index contributed by atoms with van der Waals surface area (Å²) in [6, 6.07) is 6.29. The number of nitrogen functional groups attached to an aromatic ring is 1. The molecule has 0 unspecified atom stereocenters. The van der Waals surface area contributed by atoms with Gasteiger partial charge in [0, 0.05) is 19.6 Å². The zero-order valence-corrected chi connectivity index (χ0v) is 13.7. The third kappa shape index (κ3) is 2.68. The van der Waals surface area contributed by atoms with Gasteiger partial charge in [0.2, 0.25) is 0 Å². The Balaban J connectivity index is 1.37. The first-order chi connectivity index (χ1) is 12.3. The maximum Gasteiger partial charge on any atom is 0.158 e. The number of anilines is 1. The first-order valence-electron chi connectivity index (χ1n) is 8.50. The lowest BCUT2D eigenvalue weighted by atomic mass is 10.2. The maximum atomic E-state index is 5.91. The van der Waals surface area contributed by atoms with Crippen molar-refractivity contribution in [2.75, 3.05) is 32.0 Å². The molecule has 1 aromatic carbocycles. The van der Waals surface area contributed by atoms with Crippen molar-refractivity contribution in [3.8, 4) is 11.5 Å². The molecule has 8 heteroatoms. The van der Waals surface area contributed by atoms with Gasteiger partial charge in [-0.25, -0.2) is 4.98 Å². The van der Waals surface area contributed by atoms with E-state index in [1.54, 1.807) is 6.20 Å². The predicted octanol–water partition coefficient (Wildman–Crippen LogP) is 1.13. The number of aromatic amines is 2. The van der Waals surface area contributed by atoms with Gasteiger partial charge in [0.15, 0.2) is 5.82 Å². The Labute approximate surface area is 144 Å². The van der Waals surface area contributed by atoms with E-state index in [0.29, 0.717) is 24.7 Å². The van der Waals surface area contributed by atoms with Crippen LogP contribution in [0, 0.1) is 0 Å². The number of nitrogens with zero attached hydrogens (tertiary/aromatic N) is 3. The number of imidazole rings is 1. The van der Waals surface area contributed by atoms with E-state index < -0.39 is 0 Å². The van der Waals surface area contributed by atoms with Crippen molar-refractivity contribution in [3.63, 3.8) is 0 Å². The maximum absolute atomic E-state index is 5.91. The number of benzene rings is 1. The van der Waals surface area contributed by atoms with E-state index in [9.17, 15) is 0 Å². The van der Waals surface area contributed by atoms with Crippen LogP contribution >= 0.6 is 0 Å². The molecule has 0 radical (unpaired) electrons. The molecule has 0 spiro atoms. The minimum Gasteiger partial charge on any atom is -0.396 e. The molecule has 25 heavy (non-hydrogen) atoms. The number of fused-ring (bicyclic) bond motifs is 2. The van der Waals surface area contributed by atoms with Crippen LogP contribution in [0.1, 0.15) is 5.56 Å². The lowest BCUT2D eigenvalue weighted by molar-refractivity contribution is -0.116. The molecule has 0 aliphatic carbocycles. The summed E-state index contributed by atoms with van der Waals surface area (Å²) in [6.45, 7) is 4.11. The molecule has 2 aliphatic rings. The zero-order chi connectivity index (χ0) is 16.8. The van der Waals surface area contributed by atoms with Gasteiger partial charge in [-0.05, 0) is 17.7 Å². The Hall–Kier alpha value is -2.42. The van der Waals surface area contributed by atoms with Crippen LogP contribution in [-0.4, -0.2) is 63.6 Å².